The number of carbonyl (C=O) groups excluding carboxylic acids is 3. The third-order valence-corrected chi connectivity index (χ3v) is 8.50. The van der Waals surface area contributed by atoms with Gasteiger partial charge in [0.1, 0.15) is 12.1 Å². The van der Waals surface area contributed by atoms with E-state index in [2.05, 4.69) is 16.0 Å². The van der Waals surface area contributed by atoms with E-state index in [1.54, 1.807) is 20.2 Å². The van der Waals surface area contributed by atoms with Crippen molar-refractivity contribution in [2.45, 2.75) is 91.4 Å². The lowest BCUT2D eigenvalue weighted by Crippen LogP contribution is -2.61. The van der Waals surface area contributed by atoms with Gasteiger partial charge in [-0.2, -0.15) is 0 Å². The minimum Gasteiger partial charge on any atom is -0.481 e. The molecule has 4 atom stereocenters. The van der Waals surface area contributed by atoms with Crippen molar-refractivity contribution in [2.24, 2.45) is 18.4 Å². The highest BCUT2D eigenvalue weighted by atomic mass is 16.4. The van der Waals surface area contributed by atoms with Crippen molar-refractivity contribution in [1.29, 1.82) is 0 Å². The minimum atomic E-state index is -1.61. The van der Waals surface area contributed by atoms with Crippen molar-refractivity contribution in [3.8, 4) is 0 Å². The standard InChI is InChI=1S/C34H51N5O7/c1-19(2)25(16-20(3)29(42)36-23(32(45)46)17-26(40)41)39(11)31(44)28(33(4,5)6)37-30(43)27(35-9)34(7,8)22-18-38(10)24-15-13-12-14-21(22)24/h12-16,18-19,23,25,27-28,35H,17H2,1-11H3,(H,36,42)(H,37,43)(H,40,41)(H,45,46)/b20-16+/t23-,25+,27+,28+/m0/s1. The van der Waals surface area contributed by atoms with Gasteiger partial charge in [0.15, 0.2) is 0 Å². The Morgan fingerprint density at radius 1 is 0.978 bits per heavy atom. The molecule has 0 aliphatic heterocycles. The highest BCUT2D eigenvalue weighted by Crippen LogP contribution is 2.35. The average Bonchev–Trinajstić information content (AvgIpc) is 3.29. The van der Waals surface area contributed by atoms with Gasteiger partial charge in [0.2, 0.25) is 17.7 Å². The third-order valence-electron chi connectivity index (χ3n) is 8.50. The summed E-state index contributed by atoms with van der Waals surface area (Å²) in [6.45, 7) is 14.8. The van der Waals surface area contributed by atoms with Crippen LogP contribution in [0.25, 0.3) is 10.9 Å². The number of nitrogens with zero attached hydrogens (tertiary/aromatic N) is 2. The minimum absolute atomic E-state index is 0.124. The molecule has 12 nitrogen and oxygen atoms in total. The van der Waals surface area contributed by atoms with Crippen LogP contribution in [-0.2, 0) is 36.4 Å². The zero-order chi connectivity index (χ0) is 35.3. The average molecular weight is 642 g/mol. The monoisotopic (exact) mass is 641 g/mol. The molecule has 12 heteroatoms. The number of para-hydroxylation sites is 1. The van der Waals surface area contributed by atoms with E-state index in [0.717, 1.165) is 16.5 Å². The Balaban J connectivity index is 2.39. The number of aryl methyl sites for hydroxylation is 1. The number of carboxylic acid groups (broad SMARTS) is 2. The molecule has 2 aromatic rings. The Hall–Kier alpha value is -4.19. The van der Waals surface area contributed by atoms with Gasteiger partial charge in [-0.3, -0.25) is 19.2 Å². The second-order valence-corrected chi connectivity index (χ2v) is 13.9. The van der Waals surface area contributed by atoms with Gasteiger partial charge >= 0.3 is 11.9 Å². The summed E-state index contributed by atoms with van der Waals surface area (Å²) in [7, 11) is 5.28. The molecule has 0 bridgehead atoms. The predicted molar refractivity (Wildman–Crippen MR) is 177 cm³/mol. The molecule has 0 spiro atoms. The molecule has 0 saturated heterocycles. The van der Waals surface area contributed by atoms with E-state index < -0.39 is 59.3 Å². The molecular weight excluding hydrogens is 590 g/mol. The predicted octanol–water partition coefficient (Wildman–Crippen LogP) is 3.05. The Kier molecular flexibility index (Phi) is 12.3. The first-order valence-electron chi connectivity index (χ1n) is 15.4. The molecule has 3 amide bonds. The number of amides is 3. The molecule has 254 valence electrons. The topological polar surface area (TPSA) is 170 Å². The van der Waals surface area contributed by atoms with E-state index in [-0.39, 0.29) is 23.3 Å². The van der Waals surface area contributed by atoms with Gasteiger partial charge in [0, 0.05) is 42.2 Å². The van der Waals surface area contributed by atoms with Crippen LogP contribution >= 0.6 is 0 Å². The van der Waals surface area contributed by atoms with Gasteiger partial charge in [-0.1, -0.05) is 72.7 Å². The molecule has 0 aliphatic rings. The fourth-order valence-corrected chi connectivity index (χ4v) is 5.79. The van der Waals surface area contributed by atoms with Crippen molar-refractivity contribution in [3.05, 3.63) is 47.7 Å². The lowest BCUT2D eigenvalue weighted by atomic mass is 9.76. The number of nitrogens with one attached hydrogen (secondary N) is 3. The molecule has 0 unspecified atom stereocenters. The van der Waals surface area contributed by atoms with Crippen LogP contribution in [0, 0.1) is 11.3 Å². The van der Waals surface area contributed by atoms with Gasteiger partial charge in [-0.15, -0.1) is 0 Å². The van der Waals surface area contributed by atoms with Crippen molar-refractivity contribution < 1.29 is 34.2 Å². The first-order chi connectivity index (χ1) is 21.1. The van der Waals surface area contributed by atoms with Crippen LogP contribution in [0.15, 0.2) is 42.1 Å². The first-order valence-corrected chi connectivity index (χ1v) is 15.4. The van der Waals surface area contributed by atoms with E-state index in [1.807, 2.05) is 90.5 Å². The van der Waals surface area contributed by atoms with E-state index >= 15 is 0 Å². The summed E-state index contributed by atoms with van der Waals surface area (Å²) in [5, 5.41) is 27.8. The van der Waals surface area contributed by atoms with Crippen molar-refractivity contribution in [3.63, 3.8) is 0 Å². The number of carbonyl (C=O) groups is 5. The number of hydrogen-bond donors (Lipinski definition) is 5. The summed E-state index contributed by atoms with van der Waals surface area (Å²) in [6, 6.07) is 4.16. The fraction of sp³-hybridized carbons (Fsp3) is 0.559. The zero-order valence-electron chi connectivity index (χ0n) is 28.9. The van der Waals surface area contributed by atoms with Gasteiger partial charge in [0.25, 0.3) is 0 Å². The molecule has 1 aromatic carbocycles. The van der Waals surface area contributed by atoms with Gasteiger partial charge in [-0.05, 0) is 36.9 Å². The number of rotatable bonds is 14. The fourth-order valence-electron chi connectivity index (χ4n) is 5.79. The molecule has 0 fully saturated rings. The third kappa shape index (κ3) is 8.74. The second-order valence-electron chi connectivity index (χ2n) is 13.9. The van der Waals surface area contributed by atoms with Crippen LogP contribution in [-0.4, -0.2) is 87.6 Å². The Morgan fingerprint density at radius 2 is 1.57 bits per heavy atom. The van der Waals surface area contributed by atoms with E-state index in [1.165, 1.54) is 11.8 Å². The summed E-state index contributed by atoms with van der Waals surface area (Å²) in [5.41, 5.74) is 0.800. The molecule has 46 heavy (non-hydrogen) atoms. The molecule has 5 N–H and O–H groups in total. The number of carboxylic acids is 2. The van der Waals surface area contributed by atoms with Crippen LogP contribution in [0.2, 0.25) is 0 Å². The number of hydrogen-bond acceptors (Lipinski definition) is 6. The second kappa shape index (κ2) is 14.9. The van der Waals surface area contributed by atoms with Crippen molar-refractivity contribution in [2.75, 3.05) is 14.1 Å². The largest absolute Gasteiger partial charge is 0.481 e. The first kappa shape index (κ1) is 38.0. The number of aromatic nitrogens is 1. The normalized spacial score (nSPS) is 15.2. The van der Waals surface area contributed by atoms with Crippen LogP contribution < -0.4 is 16.0 Å². The van der Waals surface area contributed by atoms with Crippen LogP contribution in [0.4, 0.5) is 0 Å². The van der Waals surface area contributed by atoms with Crippen molar-refractivity contribution >= 4 is 40.6 Å². The smallest absolute Gasteiger partial charge is 0.326 e. The molecule has 2 rings (SSSR count). The molecular formula is C34H51N5O7. The maximum Gasteiger partial charge on any atom is 0.326 e. The lowest BCUT2D eigenvalue weighted by Gasteiger charge is -2.39. The highest BCUT2D eigenvalue weighted by molar-refractivity contribution is 5.97. The molecule has 1 aromatic heterocycles. The quantitative estimate of drug-likeness (QED) is 0.196. The van der Waals surface area contributed by atoms with Crippen molar-refractivity contribution in [1.82, 2.24) is 25.4 Å². The van der Waals surface area contributed by atoms with E-state index in [9.17, 15) is 29.1 Å². The Bertz CT molecular complexity index is 1480. The lowest BCUT2D eigenvalue weighted by molar-refractivity contribution is -0.146. The van der Waals surface area contributed by atoms with Gasteiger partial charge in [0.05, 0.1) is 18.5 Å². The summed E-state index contributed by atoms with van der Waals surface area (Å²) >= 11 is 0. The molecule has 0 saturated carbocycles. The summed E-state index contributed by atoms with van der Waals surface area (Å²) in [6.07, 6.45) is 2.80. The number of benzene rings is 1. The summed E-state index contributed by atoms with van der Waals surface area (Å²) in [4.78, 5) is 65.0. The number of likely N-dealkylation sites (N-methyl/N-ethyl adjacent to an activating group) is 2. The summed E-state index contributed by atoms with van der Waals surface area (Å²) in [5.74, 6) is -4.46. The van der Waals surface area contributed by atoms with E-state index in [4.69, 9.17) is 5.11 Å². The Morgan fingerprint density at radius 3 is 2.07 bits per heavy atom. The highest BCUT2D eigenvalue weighted by Gasteiger charge is 2.42. The van der Waals surface area contributed by atoms with E-state index in [0.29, 0.717) is 0 Å². The maximum atomic E-state index is 14.1. The summed E-state index contributed by atoms with van der Waals surface area (Å²) < 4.78 is 2.03. The zero-order valence-corrected chi connectivity index (χ0v) is 28.9. The number of fused-ring (bicyclic) bond motifs is 1. The SMILES string of the molecule is CN[C@H](C(=O)N[C@H](C(=O)N(C)[C@H](/C=C(\C)C(=O)N[C@@H](CC(=O)O)C(=O)O)C(C)C)C(C)(C)C)C(C)(C)c1cn(C)c2ccccc12. The van der Waals surface area contributed by atoms with Gasteiger partial charge in [-0.25, -0.2) is 4.79 Å². The molecule has 0 radical (unpaired) electrons. The molecule has 0 aliphatic carbocycles. The van der Waals surface area contributed by atoms with Gasteiger partial charge < -0.3 is 35.6 Å². The van der Waals surface area contributed by atoms with Crippen LogP contribution in [0.3, 0.4) is 0 Å². The van der Waals surface area contributed by atoms with Crippen LogP contribution in [0.1, 0.15) is 67.4 Å². The molecule has 1 heterocycles. The maximum absolute atomic E-state index is 14.1. The van der Waals surface area contributed by atoms with Crippen LogP contribution in [0.5, 0.6) is 0 Å². The Labute approximate surface area is 271 Å². The number of aliphatic carboxylic acids is 2.